The Morgan fingerprint density at radius 1 is 1.00 bits per heavy atom. The number of hydrogen-bond donors (Lipinski definition) is 0. The maximum absolute atomic E-state index is 12.5. The molecule has 0 bridgehead atoms. The molecule has 1 aromatic carbocycles. The van der Waals surface area contributed by atoms with E-state index in [1.807, 2.05) is 25.7 Å². The second-order valence-corrected chi connectivity index (χ2v) is 17.5. The van der Waals surface area contributed by atoms with Gasteiger partial charge in [0, 0.05) is 42.3 Å². The number of carbonyl (C=O) groups excluding carboxylic acids is 1. The number of hydrogen-bond acceptors (Lipinski definition) is 3. The fourth-order valence-electron chi connectivity index (χ4n) is 6.31. The third-order valence-electron chi connectivity index (χ3n) is 7.48. The summed E-state index contributed by atoms with van der Waals surface area (Å²) in [7, 11) is -1.78. The Labute approximate surface area is 202 Å². The van der Waals surface area contributed by atoms with Gasteiger partial charge in [0.05, 0.1) is 0 Å². The zero-order valence-electron chi connectivity index (χ0n) is 22.5. The van der Waals surface area contributed by atoms with Crippen LogP contribution in [0.4, 0.5) is 10.5 Å². The number of piperazine rings is 1. The van der Waals surface area contributed by atoms with Gasteiger partial charge in [-0.1, -0.05) is 41.5 Å². The van der Waals surface area contributed by atoms with Gasteiger partial charge in [0.15, 0.2) is 8.24 Å². The molecule has 1 aliphatic heterocycles. The maximum atomic E-state index is 12.5. The Morgan fingerprint density at radius 3 is 2.12 bits per heavy atom. The lowest BCUT2D eigenvalue weighted by Gasteiger charge is -2.44. The van der Waals surface area contributed by atoms with Crippen LogP contribution in [-0.4, -0.2) is 54.7 Å². The molecule has 3 rings (SSSR count). The molecule has 1 amide bonds. The van der Waals surface area contributed by atoms with Gasteiger partial charge in [-0.3, -0.25) is 0 Å². The molecule has 5 nitrogen and oxygen atoms in total. The summed E-state index contributed by atoms with van der Waals surface area (Å²) in [6.45, 7) is 24.6. The standard InChI is InChI=1S/C27H45N3O2Si/c1-19(2)33(20(3)4,21(5)6)30-14-13-23-17-24(11-12-25(23)30)29-16-15-28(18-22(29)7)26(31)32-27(8,9)10/h11-14,17,19-22H,15-16,18H2,1-10H3. The molecule has 1 fully saturated rings. The molecule has 0 aliphatic carbocycles. The van der Waals surface area contributed by atoms with Crippen LogP contribution in [0.3, 0.4) is 0 Å². The number of nitrogens with zero attached hydrogens (tertiary/aromatic N) is 3. The molecule has 6 heteroatoms. The maximum Gasteiger partial charge on any atom is 0.410 e. The van der Waals surface area contributed by atoms with Gasteiger partial charge in [-0.25, -0.2) is 4.79 Å². The molecule has 0 N–H and O–H groups in total. The molecule has 2 heterocycles. The van der Waals surface area contributed by atoms with Crippen LogP contribution in [0.2, 0.25) is 16.6 Å². The van der Waals surface area contributed by atoms with Gasteiger partial charge in [0.2, 0.25) is 0 Å². The van der Waals surface area contributed by atoms with Gasteiger partial charge >= 0.3 is 6.09 Å². The van der Waals surface area contributed by atoms with Gasteiger partial charge in [-0.2, -0.15) is 0 Å². The van der Waals surface area contributed by atoms with E-state index >= 15 is 0 Å². The zero-order chi connectivity index (χ0) is 24.7. The molecule has 1 atom stereocenters. The van der Waals surface area contributed by atoms with Gasteiger partial charge < -0.3 is 18.8 Å². The number of ether oxygens (including phenoxy) is 1. The first-order chi connectivity index (χ1) is 15.3. The van der Waals surface area contributed by atoms with Crippen LogP contribution in [0.25, 0.3) is 10.9 Å². The second kappa shape index (κ2) is 9.36. The molecule has 1 unspecified atom stereocenters. The molecule has 1 aliphatic rings. The SMILES string of the molecule is CC1CN(C(=O)OC(C)(C)C)CCN1c1ccc2c(ccn2[Si](C(C)C)(C(C)C)C(C)C)c1. The molecular formula is C27H45N3O2Si. The van der Waals surface area contributed by atoms with Gasteiger partial charge in [0.25, 0.3) is 0 Å². The van der Waals surface area contributed by atoms with Gasteiger partial charge in [-0.15, -0.1) is 0 Å². The van der Waals surface area contributed by atoms with Crippen molar-refractivity contribution in [2.45, 2.75) is 97.5 Å². The van der Waals surface area contributed by atoms with Crippen LogP contribution >= 0.6 is 0 Å². The van der Waals surface area contributed by atoms with E-state index in [9.17, 15) is 4.79 Å². The molecule has 0 saturated carbocycles. The molecule has 1 aromatic heterocycles. The van der Waals surface area contributed by atoms with Crippen molar-refractivity contribution in [2.75, 3.05) is 24.5 Å². The summed E-state index contributed by atoms with van der Waals surface area (Å²) in [6, 6.07) is 9.48. The normalized spacial score (nSPS) is 18.2. The Kier molecular flexibility index (Phi) is 7.28. The van der Waals surface area contributed by atoms with E-state index in [1.165, 1.54) is 16.6 Å². The van der Waals surface area contributed by atoms with E-state index in [-0.39, 0.29) is 12.1 Å². The Hall–Kier alpha value is -1.95. The number of amides is 1. The van der Waals surface area contributed by atoms with E-state index in [4.69, 9.17) is 4.74 Å². The van der Waals surface area contributed by atoms with Crippen molar-refractivity contribution < 1.29 is 9.53 Å². The molecule has 2 aromatic rings. The summed E-state index contributed by atoms with van der Waals surface area (Å²) >= 11 is 0. The topological polar surface area (TPSA) is 37.7 Å². The minimum atomic E-state index is -1.78. The van der Waals surface area contributed by atoms with E-state index in [1.54, 1.807) is 0 Å². The van der Waals surface area contributed by atoms with E-state index in [0.717, 1.165) is 6.54 Å². The van der Waals surface area contributed by atoms with Gasteiger partial charge in [0.1, 0.15) is 5.60 Å². The first-order valence-electron chi connectivity index (χ1n) is 12.6. The highest BCUT2D eigenvalue weighted by atomic mass is 28.3. The third-order valence-corrected chi connectivity index (χ3v) is 14.3. The lowest BCUT2D eigenvalue weighted by atomic mass is 10.1. The van der Waals surface area contributed by atoms with Crippen molar-refractivity contribution in [1.82, 2.24) is 9.13 Å². The molecule has 184 valence electrons. The number of benzene rings is 1. The highest BCUT2D eigenvalue weighted by Gasteiger charge is 2.45. The Balaban J connectivity index is 1.87. The summed E-state index contributed by atoms with van der Waals surface area (Å²) in [6.07, 6.45) is 2.14. The second-order valence-electron chi connectivity index (χ2n) is 11.7. The molecule has 1 saturated heterocycles. The number of aromatic nitrogens is 1. The van der Waals surface area contributed by atoms with Crippen molar-refractivity contribution in [3.05, 3.63) is 30.5 Å². The van der Waals surface area contributed by atoms with Crippen LogP contribution in [0.15, 0.2) is 30.5 Å². The number of fused-ring (bicyclic) bond motifs is 1. The summed E-state index contributed by atoms with van der Waals surface area (Å²) in [5, 5.41) is 1.31. The average Bonchev–Trinajstić information content (AvgIpc) is 3.09. The van der Waals surface area contributed by atoms with Crippen molar-refractivity contribution in [2.24, 2.45) is 0 Å². The van der Waals surface area contributed by atoms with Crippen molar-refractivity contribution >= 4 is 30.9 Å². The minimum absolute atomic E-state index is 0.209. The van der Waals surface area contributed by atoms with E-state index in [0.29, 0.717) is 29.7 Å². The molecule has 0 radical (unpaired) electrons. The lowest BCUT2D eigenvalue weighted by Crippen LogP contribution is -2.54. The smallest absolute Gasteiger partial charge is 0.410 e. The van der Waals surface area contributed by atoms with Crippen molar-refractivity contribution in [3.8, 4) is 0 Å². The molecule has 33 heavy (non-hydrogen) atoms. The van der Waals surface area contributed by atoms with Crippen LogP contribution in [-0.2, 0) is 4.74 Å². The first kappa shape index (κ1) is 25.7. The van der Waals surface area contributed by atoms with Crippen LogP contribution in [0.1, 0.15) is 69.2 Å². The number of carbonyl (C=O) groups is 1. The molecule has 0 spiro atoms. The zero-order valence-corrected chi connectivity index (χ0v) is 23.5. The summed E-state index contributed by atoms with van der Waals surface area (Å²) < 4.78 is 8.26. The minimum Gasteiger partial charge on any atom is -0.444 e. The number of anilines is 1. The fraction of sp³-hybridized carbons (Fsp3) is 0.667. The van der Waals surface area contributed by atoms with Crippen LogP contribution < -0.4 is 4.90 Å². The average molecular weight is 472 g/mol. The summed E-state index contributed by atoms with van der Waals surface area (Å²) in [4.78, 5) is 16.8. The summed E-state index contributed by atoms with van der Waals surface area (Å²) in [5.74, 6) is 0. The highest BCUT2D eigenvalue weighted by molar-refractivity contribution is 6.82. The lowest BCUT2D eigenvalue weighted by molar-refractivity contribution is 0.0219. The molecular weight excluding hydrogens is 426 g/mol. The van der Waals surface area contributed by atoms with Crippen LogP contribution in [0, 0.1) is 0 Å². The predicted molar refractivity (Wildman–Crippen MR) is 143 cm³/mol. The number of rotatable bonds is 5. The van der Waals surface area contributed by atoms with Crippen molar-refractivity contribution in [3.63, 3.8) is 0 Å². The Bertz CT molecular complexity index is 952. The highest BCUT2D eigenvalue weighted by Crippen LogP contribution is 2.44. The van der Waals surface area contributed by atoms with Gasteiger partial charge in [-0.05, 0) is 74.8 Å². The van der Waals surface area contributed by atoms with Crippen LogP contribution in [0.5, 0.6) is 0 Å². The largest absolute Gasteiger partial charge is 0.444 e. The van der Waals surface area contributed by atoms with Crippen molar-refractivity contribution in [1.29, 1.82) is 0 Å². The predicted octanol–water partition coefficient (Wildman–Crippen LogP) is 7.11. The Morgan fingerprint density at radius 2 is 1.61 bits per heavy atom. The summed E-state index contributed by atoms with van der Waals surface area (Å²) in [5.41, 5.74) is 4.12. The third kappa shape index (κ3) is 4.82. The van der Waals surface area contributed by atoms with E-state index in [2.05, 4.69) is 88.1 Å². The quantitative estimate of drug-likeness (QED) is 0.436. The van der Waals surface area contributed by atoms with E-state index < -0.39 is 13.8 Å². The fourth-order valence-corrected chi connectivity index (χ4v) is 12.9. The monoisotopic (exact) mass is 471 g/mol. The first-order valence-corrected chi connectivity index (χ1v) is 14.8.